The molecule has 2 aromatic rings. The van der Waals surface area contributed by atoms with Gasteiger partial charge in [-0.05, 0) is 50.5 Å². The summed E-state index contributed by atoms with van der Waals surface area (Å²) in [7, 11) is 0. The molecule has 190 valence electrons. The lowest BCUT2D eigenvalue weighted by atomic mass is 9.95. The first kappa shape index (κ1) is 26.5. The second-order valence-corrected chi connectivity index (χ2v) is 9.68. The van der Waals surface area contributed by atoms with Crippen LogP contribution in [0.2, 0.25) is 0 Å². The van der Waals surface area contributed by atoms with Crippen molar-refractivity contribution in [3.8, 4) is 0 Å². The third-order valence-corrected chi connectivity index (χ3v) is 5.69. The van der Waals surface area contributed by atoms with Crippen molar-refractivity contribution < 1.29 is 33.1 Å². The highest BCUT2D eigenvalue weighted by Crippen LogP contribution is 2.29. The molecule has 8 nitrogen and oxygen atoms in total. The number of benzene rings is 2. The molecule has 2 aromatic carbocycles. The number of nitro groups is 1. The molecule has 1 N–H and O–H groups in total. The van der Waals surface area contributed by atoms with E-state index >= 15 is 0 Å². The van der Waals surface area contributed by atoms with Gasteiger partial charge in [-0.25, -0.2) is 13.6 Å². The Morgan fingerprint density at radius 2 is 1.80 bits per heavy atom. The van der Waals surface area contributed by atoms with Crippen LogP contribution in [0.1, 0.15) is 38.3 Å². The van der Waals surface area contributed by atoms with E-state index in [0.717, 1.165) is 17.7 Å². The molecule has 1 aliphatic heterocycles. The molecule has 4 atom stereocenters. The molecule has 0 aliphatic carbocycles. The van der Waals surface area contributed by atoms with Gasteiger partial charge in [-0.2, -0.15) is 0 Å². The number of hydrogen-bond acceptors (Lipinski definition) is 6. The monoisotopic (exact) mass is 492 g/mol. The summed E-state index contributed by atoms with van der Waals surface area (Å²) in [5, 5.41) is 22.9. The molecule has 0 saturated carbocycles. The predicted octanol–water partition coefficient (Wildman–Crippen LogP) is 4.11. The molecule has 1 saturated heterocycles. The maximum atomic E-state index is 13.6. The molecular weight excluding hydrogens is 462 g/mol. The van der Waals surface area contributed by atoms with E-state index in [1.165, 1.54) is 4.90 Å². The van der Waals surface area contributed by atoms with Crippen LogP contribution in [0.25, 0.3) is 0 Å². The smallest absolute Gasteiger partial charge is 0.410 e. The fraction of sp³-hybridized carbons (Fsp3) is 0.480. The van der Waals surface area contributed by atoms with E-state index in [0.29, 0.717) is 6.07 Å². The Morgan fingerprint density at radius 1 is 1.17 bits per heavy atom. The van der Waals surface area contributed by atoms with Crippen molar-refractivity contribution in [1.82, 2.24) is 4.90 Å². The Balaban J connectivity index is 1.80. The first-order valence-electron chi connectivity index (χ1n) is 11.3. The highest BCUT2D eigenvalue weighted by atomic mass is 19.1. The largest absolute Gasteiger partial charge is 0.444 e. The summed E-state index contributed by atoms with van der Waals surface area (Å²) in [4.78, 5) is 25.3. The van der Waals surface area contributed by atoms with Crippen molar-refractivity contribution in [3.05, 3.63) is 81.4 Å². The number of halogens is 2. The number of nitrogens with zero attached hydrogens (tertiary/aromatic N) is 2. The van der Waals surface area contributed by atoms with Gasteiger partial charge < -0.3 is 14.6 Å². The van der Waals surface area contributed by atoms with Crippen LogP contribution in [-0.2, 0) is 22.5 Å². The molecule has 0 bridgehead atoms. The van der Waals surface area contributed by atoms with Crippen molar-refractivity contribution in [2.75, 3.05) is 6.54 Å². The van der Waals surface area contributed by atoms with Gasteiger partial charge in [0.15, 0.2) is 0 Å². The lowest BCUT2D eigenvalue weighted by Gasteiger charge is -2.31. The van der Waals surface area contributed by atoms with Crippen LogP contribution in [0.5, 0.6) is 0 Å². The van der Waals surface area contributed by atoms with E-state index in [2.05, 4.69) is 0 Å². The van der Waals surface area contributed by atoms with Gasteiger partial charge in [-0.3, -0.25) is 15.0 Å². The van der Waals surface area contributed by atoms with Crippen molar-refractivity contribution >= 4 is 6.09 Å². The van der Waals surface area contributed by atoms with Gasteiger partial charge in [0.25, 0.3) is 0 Å². The maximum Gasteiger partial charge on any atom is 0.410 e. The third kappa shape index (κ3) is 7.43. The molecule has 1 heterocycles. The van der Waals surface area contributed by atoms with Crippen molar-refractivity contribution in [2.45, 2.75) is 70.1 Å². The molecule has 0 spiro atoms. The van der Waals surface area contributed by atoms with Crippen LogP contribution in [0.4, 0.5) is 13.6 Å². The minimum Gasteiger partial charge on any atom is -0.444 e. The van der Waals surface area contributed by atoms with Gasteiger partial charge in [0.2, 0.25) is 6.04 Å². The fourth-order valence-corrected chi connectivity index (χ4v) is 4.14. The number of amides is 1. The quantitative estimate of drug-likeness (QED) is 0.440. The number of aliphatic hydroxyl groups is 1. The molecule has 0 aromatic heterocycles. The van der Waals surface area contributed by atoms with E-state index in [1.807, 2.05) is 30.3 Å². The molecule has 1 amide bonds. The summed E-state index contributed by atoms with van der Waals surface area (Å²) < 4.78 is 38.6. The number of likely N-dealkylation sites (tertiary alicyclic amines) is 1. The van der Waals surface area contributed by atoms with Crippen LogP contribution in [0.3, 0.4) is 0 Å². The molecule has 35 heavy (non-hydrogen) atoms. The molecule has 1 fully saturated rings. The molecular formula is C25H30F2N2O6. The first-order valence-corrected chi connectivity index (χ1v) is 11.3. The zero-order valence-electron chi connectivity index (χ0n) is 19.9. The topological polar surface area (TPSA) is 102 Å². The van der Waals surface area contributed by atoms with Crippen LogP contribution < -0.4 is 0 Å². The summed E-state index contributed by atoms with van der Waals surface area (Å²) >= 11 is 0. The number of aliphatic hydroxyl groups excluding tert-OH is 1. The molecule has 1 aliphatic rings. The van der Waals surface area contributed by atoms with Crippen LogP contribution in [-0.4, -0.2) is 57.5 Å². The van der Waals surface area contributed by atoms with E-state index in [1.54, 1.807) is 20.8 Å². The van der Waals surface area contributed by atoms with Crippen LogP contribution >= 0.6 is 0 Å². The lowest BCUT2D eigenvalue weighted by Crippen LogP contribution is -2.51. The van der Waals surface area contributed by atoms with Crippen molar-refractivity contribution in [3.63, 3.8) is 0 Å². The third-order valence-electron chi connectivity index (χ3n) is 5.69. The summed E-state index contributed by atoms with van der Waals surface area (Å²) in [6, 6.07) is 9.40. The van der Waals surface area contributed by atoms with Crippen molar-refractivity contribution in [2.24, 2.45) is 0 Å². The summed E-state index contributed by atoms with van der Waals surface area (Å²) in [6.07, 6.45) is -3.14. The van der Waals surface area contributed by atoms with Gasteiger partial charge in [0, 0.05) is 17.4 Å². The zero-order chi connectivity index (χ0) is 25.8. The minimum absolute atomic E-state index is 0.0296. The average Bonchev–Trinajstić information content (AvgIpc) is 3.19. The van der Waals surface area contributed by atoms with E-state index in [9.17, 15) is 28.8 Å². The van der Waals surface area contributed by atoms with Crippen LogP contribution in [0.15, 0.2) is 48.5 Å². The number of ether oxygens (including phenoxy) is 2. The highest BCUT2D eigenvalue weighted by Gasteiger charge is 2.47. The second-order valence-electron chi connectivity index (χ2n) is 9.68. The van der Waals surface area contributed by atoms with Crippen LogP contribution in [0, 0.1) is 21.7 Å². The summed E-state index contributed by atoms with van der Waals surface area (Å²) in [5.41, 5.74) is 0.121. The standard InChI is InChI=1S/C25H30F2N2O6/c1-25(2,3)35-24(31)28-14-20(34-15-16-7-5-4-6-8-16)13-21(28)23(30)22(29(32)33)11-17-9-18(26)12-19(27)10-17/h4-10,12,20-23,30H,11,13-15H2,1-3H3/t20-,21-,22+,23-/m1/s1. The van der Waals surface area contributed by atoms with Gasteiger partial charge >= 0.3 is 6.09 Å². The molecule has 0 radical (unpaired) electrons. The van der Waals surface area contributed by atoms with Crippen molar-refractivity contribution in [1.29, 1.82) is 0 Å². The van der Waals surface area contributed by atoms with E-state index in [4.69, 9.17) is 9.47 Å². The summed E-state index contributed by atoms with van der Waals surface area (Å²) in [5.74, 6) is -1.75. The maximum absolute atomic E-state index is 13.6. The molecule has 10 heteroatoms. The van der Waals surface area contributed by atoms with Gasteiger partial charge in [-0.1, -0.05) is 30.3 Å². The Labute approximate surface area is 202 Å². The number of hydrogen-bond donors (Lipinski definition) is 1. The fourth-order valence-electron chi connectivity index (χ4n) is 4.14. The Hall–Kier alpha value is -3.11. The Bertz CT molecular complexity index is 1010. The van der Waals surface area contributed by atoms with E-state index in [-0.39, 0.29) is 25.1 Å². The number of carbonyl (C=O) groups excluding carboxylic acids is 1. The number of carbonyl (C=O) groups is 1. The Morgan fingerprint density at radius 3 is 2.37 bits per heavy atom. The van der Waals surface area contributed by atoms with Gasteiger partial charge in [0.1, 0.15) is 23.3 Å². The van der Waals surface area contributed by atoms with Gasteiger partial charge in [-0.15, -0.1) is 0 Å². The van der Waals surface area contributed by atoms with Gasteiger partial charge in [0.05, 0.1) is 25.3 Å². The highest BCUT2D eigenvalue weighted by molar-refractivity contribution is 5.69. The Kier molecular flexibility index (Phi) is 8.39. The average molecular weight is 493 g/mol. The van der Waals surface area contributed by atoms with E-state index < -0.39 is 59.0 Å². The minimum atomic E-state index is -1.63. The molecule has 3 rings (SSSR count). The summed E-state index contributed by atoms with van der Waals surface area (Å²) in [6.45, 7) is 5.40. The second kappa shape index (κ2) is 11.1. The predicted molar refractivity (Wildman–Crippen MR) is 123 cm³/mol. The number of rotatable bonds is 8. The zero-order valence-corrected chi connectivity index (χ0v) is 19.9. The molecule has 0 unspecified atom stereocenters. The first-order chi connectivity index (χ1) is 16.4. The SMILES string of the molecule is CC(C)(C)OC(=O)N1C[C@H](OCc2ccccc2)C[C@@H]1[C@@H](O)[C@H](Cc1cc(F)cc(F)c1)[N+](=O)[O-]. The normalized spacial score (nSPS) is 19.9. The lowest BCUT2D eigenvalue weighted by molar-refractivity contribution is -0.535.